The van der Waals surface area contributed by atoms with Crippen molar-refractivity contribution in [1.29, 1.82) is 0 Å². The molecule has 0 fully saturated rings. The zero-order chi connectivity index (χ0) is 31.9. The molecule has 16 heteroatoms. The predicted octanol–water partition coefficient (Wildman–Crippen LogP) is 6.23. The Morgan fingerprint density at radius 3 is 1.00 bits per heavy atom. The Labute approximate surface area is 244 Å². The summed E-state index contributed by atoms with van der Waals surface area (Å²) < 4.78 is 118. The van der Waals surface area contributed by atoms with Crippen LogP contribution in [0.2, 0.25) is 0 Å². The van der Waals surface area contributed by atoms with E-state index in [4.69, 9.17) is 25.9 Å². The molecule has 2 aliphatic rings. The van der Waals surface area contributed by atoms with Gasteiger partial charge in [-0.25, -0.2) is 16.8 Å². The van der Waals surface area contributed by atoms with Gasteiger partial charge in [0.05, 0.1) is 27.9 Å². The molecule has 2 unspecified atom stereocenters. The minimum atomic E-state index is -6.09. The maximum Gasteiger partial charge on any atom is 0.485 e. The standard InChI is InChI=1S/C24H22S2.2CHF3O3S/c1-25(19-12-6-3-7-13-19)23-18-24(22-17-11-5-10-16-21(22)23)26(2)20-14-8-4-9-15-20;2*2-1(3,4)8(5,6)7/h3-18H,1-2H3;2*(H,5,6,7)/q+2;;/p-2. The summed E-state index contributed by atoms with van der Waals surface area (Å²) in [6, 6.07) is 35.2. The first kappa shape index (κ1) is 35.4. The van der Waals surface area contributed by atoms with Crippen molar-refractivity contribution in [3.05, 3.63) is 97.1 Å². The van der Waals surface area contributed by atoms with E-state index in [0.717, 1.165) is 0 Å². The lowest BCUT2D eigenvalue weighted by atomic mass is 10.2. The van der Waals surface area contributed by atoms with E-state index in [2.05, 4.69) is 110 Å². The van der Waals surface area contributed by atoms with Gasteiger partial charge in [-0.2, -0.15) is 26.3 Å². The van der Waals surface area contributed by atoms with Gasteiger partial charge in [-0.3, -0.25) is 0 Å². The van der Waals surface area contributed by atoms with Crippen LogP contribution in [0, 0.1) is 0 Å². The van der Waals surface area contributed by atoms with Crippen molar-refractivity contribution >= 4 is 42.0 Å². The molecule has 2 atom stereocenters. The average molecular weight is 673 g/mol. The molecule has 0 aliphatic heterocycles. The summed E-state index contributed by atoms with van der Waals surface area (Å²) in [7, 11) is -12.1. The second-order valence-electron chi connectivity index (χ2n) is 8.06. The van der Waals surface area contributed by atoms with Crippen molar-refractivity contribution in [3.8, 4) is 11.1 Å². The highest BCUT2D eigenvalue weighted by Gasteiger charge is 2.38. The van der Waals surface area contributed by atoms with Crippen molar-refractivity contribution in [1.82, 2.24) is 0 Å². The first-order valence-corrected chi connectivity index (χ1v) is 17.3. The molecule has 0 amide bonds. The van der Waals surface area contributed by atoms with Gasteiger partial charge in [0.1, 0.15) is 12.5 Å². The van der Waals surface area contributed by atoms with Gasteiger partial charge in [-0.15, -0.1) is 0 Å². The smallest absolute Gasteiger partial charge is 0.485 e. The molecule has 0 spiro atoms. The fraction of sp³-hybridized carbons (Fsp3) is 0.154. The number of hydrogen-bond donors (Lipinski definition) is 0. The van der Waals surface area contributed by atoms with E-state index in [0.29, 0.717) is 0 Å². The van der Waals surface area contributed by atoms with E-state index < -0.39 is 31.3 Å². The number of alkyl halides is 6. The first-order valence-electron chi connectivity index (χ1n) is 11.2. The topological polar surface area (TPSA) is 114 Å². The minimum Gasteiger partial charge on any atom is -0.741 e. The summed E-state index contributed by atoms with van der Waals surface area (Å²) in [5.41, 5.74) is -8.52. The highest BCUT2D eigenvalue weighted by molar-refractivity contribution is 7.97. The third-order valence-corrected chi connectivity index (χ3v) is 10.3. The van der Waals surface area contributed by atoms with Crippen LogP contribution in [0.15, 0.2) is 117 Å². The largest absolute Gasteiger partial charge is 0.741 e. The van der Waals surface area contributed by atoms with E-state index in [-0.39, 0.29) is 21.8 Å². The lowest BCUT2D eigenvalue weighted by Gasteiger charge is -2.08. The van der Waals surface area contributed by atoms with Crippen LogP contribution in [0.25, 0.3) is 11.1 Å². The van der Waals surface area contributed by atoms with E-state index in [9.17, 15) is 26.3 Å². The number of fused-ring (bicyclic) bond motifs is 1. The van der Waals surface area contributed by atoms with Crippen molar-refractivity contribution in [2.75, 3.05) is 12.5 Å². The second kappa shape index (κ2) is 14.1. The van der Waals surface area contributed by atoms with E-state index in [1.807, 2.05) is 0 Å². The normalized spacial score (nSPS) is 13.7. The lowest BCUT2D eigenvalue weighted by Crippen LogP contribution is -2.21. The van der Waals surface area contributed by atoms with Crippen molar-refractivity contribution in [2.45, 2.75) is 30.6 Å². The SMILES string of the molecule is C[S+](c1ccccc1)c1cc([S+](C)c2ccccc2)c2cccccc1-2.O=S(=O)([O-])C(F)(F)F.O=S(=O)([O-])C(F)(F)F. The predicted molar refractivity (Wildman–Crippen MR) is 147 cm³/mol. The van der Waals surface area contributed by atoms with Gasteiger partial charge in [-0.05, 0) is 36.4 Å². The highest BCUT2D eigenvalue weighted by Crippen LogP contribution is 2.41. The van der Waals surface area contributed by atoms with Crippen molar-refractivity contribution < 1.29 is 52.3 Å². The third kappa shape index (κ3) is 9.64. The Hall–Kier alpha value is -2.76. The molecule has 0 N–H and O–H groups in total. The number of rotatable bonds is 4. The van der Waals surface area contributed by atoms with Crippen molar-refractivity contribution in [3.63, 3.8) is 0 Å². The van der Waals surface area contributed by atoms with Crippen LogP contribution >= 0.6 is 0 Å². The van der Waals surface area contributed by atoms with Crippen LogP contribution in [-0.2, 0) is 42.0 Å². The Kier molecular flexibility index (Phi) is 11.9. The molecule has 42 heavy (non-hydrogen) atoms. The second-order valence-corrected chi connectivity index (χ2v) is 14.7. The van der Waals surface area contributed by atoms with Gasteiger partial charge in [0, 0.05) is 11.1 Å². The molecule has 0 radical (unpaired) electrons. The Morgan fingerprint density at radius 1 is 0.524 bits per heavy atom. The summed E-state index contributed by atoms with van der Waals surface area (Å²) in [5.74, 6) is 0. The average Bonchev–Trinajstić information content (AvgIpc) is 3.07. The summed E-state index contributed by atoms with van der Waals surface area (Å²) in [5, 5.41) is 0. The summed E-state index contributed by atoms with van der Waals surface area (Å²) >= 11 is 0. The fourth-order valence-electron chi connectivity index (χ4n) is 3.26. The molecule has 0 aromatic heterocycles. The molecule has 0 saturated heterocycles. The maximum atomic E-state index is 10.7. The van der Waals surface area contributed by atoms with E-state index in [1.165, 1.54) is 30.7 Å². The van der Waals surface area contributed by atoms with Gasteiger partial charge < -0.3 is 9.11 Å². The van der Waals surface area contributed by atoms with Gasteiger partial charge >= 0.3 is 11.0 Å². The molecule has 228 valence electrons. The van der Waals surface area contributed by atoms with E-state index in [1.54, 1.807) is 0 Å². The molecule has 2 aliphatic carbocycles. The number of halogens is 6. The van der Waals surface area contributed by atoms with Crippen LogP contribution in [0.3, 0.4) is 0 Å². The van der Waals surface area contributed by atoms with Gasteiger partial charge in [0.2, 0.25) is 0 Å². The van der Waals surface area contributed by atoms with E-state index >= 15 is 0 Å². The van der Waals surface area contributed by atoms with Crippen LogP contribution in [-0.4, -0.2) is 49.5 Å². The molecule has 2 aromatic carbocycles. The Morgan fingerprint density at radius 2 is 0.762 bits per heavy atom. The van der Waals surface area contributed by atoms with Gasteiger partial charge in [0.25, 0.3) is 0 Å². The molecule has 2 aromatic rings. The van der Waals surface area contributed by atoms with Crippen LogP contribution in [0.1, 0.15) is 0 Å². The number of benzene rings is 2. The molecular formula is C26H22F6O6S4. The lowest BCUT2D eigenvalue weighted by molar-refractivity contribution is -0.0522. The Balaban J connectivity index is 0.000000319. The van der Waals surface area contributed by atoms with Crippen molar-refractivity contribution in [2.24, 2.45) is 0 Å². The van der Waals surface area contributed by atoms with Crippen LogP contribution in [0.4, 0.5) is 26.3 Å². The fourth-order valence-corrected chi connectivity index (χ4v) is 6.58. The van der Waals surface area contributed by atoms with Crippen LogP contribution in [0.5, 0.6) is 0 Å². The van der Waals surface area contributed by atoms with Gasteiger partial charge in [0.15, 0.2) is 39.8 Å². The maximum absolute atomic E-state index is 10.7. The first-order chi connectivity index (χ1) is 19.3. The summed E-state index contributed by atoms with van der Waals surface area (Å²) in [6.07, 6.45) is 4.69. The zero-order valence-corrected chi connectivity index (χ0v) is 24.9. The monoisotopic (exact) mass is 672 g/mol. The molecule has 0 bridgehead atoms. The molecular weight excluding hydrogens is 651 g/mol. The zero-order valence-electron chi connectivity index (χ0n) is 21.6. The Bertz CT molecular complexity index is 1510. The minimum absolute atomic E-state index is 0.0594. The van der Waals surface area contributed by atoms with Crippen LogP contribution < -0.4 is 0 Å². The molecule has 0 saturated carbocycles. The quantitative estimate of drug-likeness (QED) is 0.110. The molecule has 6 nitrogen and oxygen atoms in total. The third-order valence-electron chi connectivity index (χ3n) is 5.25. The molecule has 4 rings (SSSR count). The highest BCUT2D eigenvalue weighted by atomic mass is 32.2. The molecule has 0 heterocycles. The number of hydrogen-bond acceptors (Lipinski definition) is 6. The summed E-state index contributed by atoms with van der Waals surface area (Å²) in [6.45, 7) is 0. The summed E-state index contributed by atoms with van der Waals surface area (Å²) in [4.78, 5) is 5.70. The van der Waals surface area contributed by atoms with Gasteiger partial charge in [-0.1, -0.05) is 54.6 Å².